The Bertz CT molecular complexity index is 619. The summed E-state index contributed by atoms with van der Waals surface area (Å²) in [5.74, 6) is 0.167. The van der Waals surface area contributed by atoms with E-state index in [4.69, 9.17) is 19.7 Å². The van der Waals surface area contributed by atoms with E-state index in [0.717, 1.165) is 11.1 Å². The number of methoxy groups -OCH3 is 1. The predicted molar refractivity (Wildman–Crippen MR) is 78.0 cm³/mol. The van der Waals surface area contributed by atoms with Gasteiger partial charge in [-0.2, -0.15) is 0 Å². The van der Waals surface area contributed by atoms with Crippen molar-refractivity contribution in [1.29, 1.82) is 0 Å². The van der Waals surface area contributed by atoms with Crippen LogP contribution in [-0.4, -0.2) is 36.5 Å². The zero-order valence-electron chi connectivity index (χ0n) is 11.6. The summed E-state index contributed by atoms with van der Waals surface area (Å²) in [4.78, 5) is 11.0. The molecule has 0 bridgehead atoms. The first-order chi connectivity index (χ1) is 10.2. The third-order valence-corrected chi connectivity index (χ3v) is 2.97. The van der Waals surface area contributed by atoms with Crippen LogP contribution in [0.1, 0.15) is 10.4 Å². The first-order valence-corrected chi connectivity index (χ1v) is 6.41. The molecule has 2 aromatic carbocycles. The van der Waals surface area contributed by atoms with Crippen molar-refractivity contribution < 1.29 is 24.5 Å². The van der Waals surface area contributed by atoms with E-state index in [2.05, 4.69) is 0 Å². The molecule has 0 fully saturated rings. The minimum Gasteiger partial charge on any atom is -0.496 e. The molecule has 0 saturated heterocycles. The molecule has 5 nitrogen and oxygen atoms in total. The van der Waals surface area contributed by atoms with Crippen molar-refractivity contribution in [2.45, 2.75) is 0 Å². The van der Waals surface area contributed by atoms with E-state index in [9.17, 15) is 4.79 Å². The van der Waals surface area contributed by atoms with Crippen LogP contribution in [0.15, 0.2) is 42.5 Å². The van der Waals surface area contributed by atoms with Crippen molar-refractivity contribution >= 4 is 5.97 Å². The van der Waals surface area contributed by atoms with E-state index in [0.29, 0.717) is 11.5 Å². The molecule has 0 amide bonds. The Morgan fingerprint density at radius 3 is 2.43 bits per heavy atom. The minimum absolute atomic E-state index is 0.0355. The SMILES string of the molecule is COc1cc(C(=O)O)ccc1-c1ccc(OCCO)cc1. The Kier molecular flexibility index (Phi) is 4.79. The van der Waals surface area contributed by atoms with Crippen molar-refractivity contribution in [3.63, 3.8) is 0 Å². The number of rotatable bonds is 6. The number of aliphatic hydroxyl groups excluding tert-OH is 1. The number of hydrogen-bond acceptors (Lipinski definition) is 4. The second-order valence-electron chi connectivity index (χ2n) is 4.32. The topological polar surface area (TPSA) is 76.0 Å². The highest BCUT2D eigenvalue weighted by Crippen LogP contribution is 2.32. The van der Waals surface area contributed by atoms with Gasteiger partial charge in [-0.3, -0.25) is 0 Å². The maximum atomic E-state index is 11.0. The molecule has 5 heteroatoms. The lowest BCUT2D eigenvalue weighted by Gasteiger charge is -2.10. The molecule has 0 spiro atoms. The average molecular weight is 288 g/mol. The maximum Gasteiger partial charge on any atom is 0.335 e. The second kappa shape index (κ2) is 6.76. The van der Waals surface area contributed by atoms with Gasteiger partial charge in [0.1, 0.15) is 18.1 Å². The third kappa shape index (κ3) is 3.52. The smallest absolute Gasteiger partial charge is 0.335 e. The van der Waals surface area contributed by atoms with Gasteiger partial charge in [0.2, 0.25) is 0 Å². The molecule has 2 N–H and O–H groups in total. The summed E-state index contributed by atoms with van der Waals surface area (Å²) in [6, 6.07) is 12.0. The van der Waals surface area contributed by atoms with Crippen molar-refractivity contribution in [1.82, 2.24) is 0 Å². The standard InChI is InChI=1S/C16H16O5/c1-20-15-10-12(16(18)19)4-7-14(15)11-2-5-13(6-3-11)21-9-8-17/h2-7,10,17H,8-9H2,1H3,(H,18,19). The lowest BCUT2D eigenvalue weighted by molar-refractivity contribution is 0.0696. The van der Waals surface area contributed by atoms with Gasteiger partial charge in [0.15, 0.2) is 0 Å². The first kappa shape index (κ1) is 14.9. The Labute approximate surface area is 122 Å². The Morgan fingerprint density at radius 2 is 1.86 bits per heavy atom. The summed E-state index contributed by atoms with van der Waals surface area (Å²) in [6.07, 6.45) is 0. The molecule has 0 aromatic heterocycles. The zero-order chi connectivity index (χ0) is 15.2. The summed E-state index contributed by atoms with van der Waals surface area (Å²) >= 11 is 0. The van der Waals surface area contributed by atoms with Gasteiger partial charge >= 0.3 is 5.97 Å². The monoisotopic (exact) mass is 288 g/mol. The fourth-order valence-electron chi connectivity index (χ4n) is 1.96. The second-order valence-corrected chi connectivity index (χ2v) is 4.32. The van der Waals surface area contributed by atoms with Crippen LogP contribution >= 0.6 is 0 Å². The molecule has 0 aliphatic carbocycles. The number of hydrogen-bond donors (Lipinski definition) is 2. The van der Waals surface area contributed by atoms with Crippen molar-refractivity contribution in [3.05, 3.63) is 48.0 Å². The zero-order valence-corrected chi connectivity index (χ0v) is 11.6. The molecular formula is C16H16O5. The van der Waals surface area contributed by atoms with E-state index in [1.54, 1.807) is 18.2 Å². The van der Waals surface area contributed by atoms with Crippen LogP contribution in [0.4, 0.5) is 0 Å². The fraction of sp³-hybridized carbons (Fsp3) is 0.188. The number of aliphatic hydroxyl groups is 1. The highest BCUT2D eigenvalue weighted by atomic mass is 16.5. The Hall–Kier alpha value is -2.53. The van der Waals surface area contributed by atoms with Gasteiger partial charge < -0.3 is 19.7 Å². The lowest BCUT2D eigenvalue weighted by Crippen LogP contribution is -2.01. The number of benzene rings is 2. The molecule has 110 valence electrons. The van der Waals surface area contributed by atoms with Crippen LogP contribution in [0.25, 0.3) is 11.1 Å². The number of carboxylic acid groups (broad SMARTS) is 1. The summed E-state index contributed by atoms with van der Waals surface area (Å²) in [5, 5.41) is 17.7. The van der Waals surface area contributed by atoms with Crippen LogP contribution in [0.3, 0.4) is 0 Å². The number of carboxylic acids is 1. The Balaban J connectivity index is 2.30. The molecular weight excluding hydrogens is 272 g/mol. The summed E-state index contributed by atoms with van der Waals surface area (Å²) in [5.41, 5.74) is 1.87. The van der Waals surface area contributed by atoms with E-state index in [1.165, 1.54) is 19.2 Å². The van der Waals surface area contributed by atoms with Gasteiger partial charge in [-0.05, 0) is 35.9 Å². The van der Waals surface area contributed by atoms with Crippen molar-refractivity contribution in [2.24, 2.45) is 0 Å². The van der Waals surface area contributed by atoms with Gasteiger partial charge in [-0.25, -0.2) is 4.79 Å². The minimum atomic E-state index is -0.993. The normalized spacial score (nSPS) is 10.2. The van der Waals surface area contributed by atoms with Crippen LogP contribution in [0.5, 0.6) is 11.5 Å². The van der Waals surface area contributed by atoms with Gasteiger partial charge in [0, 0.05) is 5.56 Å². The summed E-state index contributed by atoms with van der Waals surface area (Å²) in [7, 11) is 1.50. The molecule has 0 aliphatic heterocycles. The summed E-state index contributed by atoms with van der Waals surface area (Å²) < 4.78 is 10.6. The van der Waals surface area contributed by atoms with Gasteiger partial charge in [0.25, 0.3) is 0 Å². The maximum absolute atomic E-state index is 11.0. The molecule has 0 heterocycles. The quantitative estimate of drug-likeness (QED) is 0.853. The average Bonchev–Trinajstić information content (AvgIpc) is 2.52. The molecule has 0 saturated carbocycles. The van der Waals surface area contributed by atoms with Crippen LogP contribution in [-0.2, 0) is 0 Å². The van der Waals surface area contributed by atoms with E-state index in [-0.39, 0.29) is 18.8 Å². The van der Waals surface area contributed by atoms with Crippen LogP contribution in [0.2, 0.25) is 0 Å². The van der Waals surface area contributed by atoms with E-state index in [1.807, 2.05) is 12.1 Å². The molecule has 2 rings (SSSR count). The third-order valence-electron chi connectivity index (χ3n) is 2.97. The number of aromatic carboxylic acids is 1. The predicted octanol–water partition coefficient (Wildman–Crippen LogP) is 2.43. The lowest BCUT2D eigenvalue weighted by atomic mass is 10.0. The number of ether oxygens (including phenoxy) is 2. The van der Waals surface area contributed by atoms with E-state index >= 15 is 0 Å². The molecule has 2 aromatic rings. The number of carbonyl (C=O) groups is 1. The van der Waals surface area contributed by atoms with Crippen LogP contribution < -0.4 is 9.47 Å². The van der Waals surface area contributed by atoms with Gasteiger partial charge in [0.05, 0.1) is 19.3 Å². The van der Waals surface area contributed by atoms with Crippen LogP contribution in [0, 0.1) is 0 Å². The van der Waals surface area contributed by atoms with Crippen molar-refractivity contribution in [3.8, 4) is 22.6 Å². The molecule has 21 heavy (non-hydrogen) atoms. The highest BCUT2D eigenvalue weighted by molar-refractivity contribution is 5.89. The van der Waals surface area contributed by atoms with Crippen molar-refractivity contribution in [2.75, 3.05) is 20.3 Å². The fourth-order valence-corrected chi connectivity index (χ4v) is 1.96. The first-order valence-electron chi connectivity index (χ1n) is 6.41. The molecule has 0 radical (unpaired) electrons. The molecule has 0 atom stereocenters. The largest absolute Gasteiger partial charge is 0.496 e. The van der Waals surface area contributed by atoms with Gasteiger partial charge in [-0.15, -0.1) is 0 Å². The molecule has 0 aliphatic rings. The molecule has 0 unspecified atom stereocenters. The van der Waals surface area contributed by atoms with Gasteiger partial charge in [-0.1, -0.05) is 12.1 Å². The summed E-state index contributed by atoms with van der Waals surface area (Å²) in [6.45, 7) is 0.211. The highest BCUT2D eigenvalue weighted by Gasteiger charge is 2.10. The van der Waals surface area contributed by atoms with E-state index < -0.39 is 5.97 Å². The Morgan fingerprint density at radius 1 is 1.14 bits per heavy atom.